The molecule has 19 heavy (non-hydrogen) atoms. The molecule has 0 saturated heterocycles. The Kier molecular flexibility index (Phi) is 5.37. The zero-order valence-corrected chi connectivity index (χ0v) is 10.2. The normalized spacial score (nSPS) is 11.8. The molecule has 0 aliphatic heterocycles. The molecule has 0 aliphatic carbocycles. The van der Waals surface area contributed by atoms with E-state index in [-0.39, 0.29) is 31.0 Å². The highest BCUT2D eigenvalue weighted by molar-refractivity contribution is 5.88. The van der Waals surface area contributed by atoms with Crippen molar-refractivity contribution in [1.29, 1.82) is 0 Å². The Morgan fingerprint density at radius 1 is 1.53 bits per heavy atom. The summed E-state index contributed by atoms with van der Waals surface area (Å²) in [5.41, 5.74) is 0.0742. The minimum atomic E-state index is -4.32. The van der Waals surface area contributed by atoms with E-state index in [0.29, 0.717) is 5.76 Å². The molecule has 8 heteroatoms. The smallest absolute Gasteiger partial charge is 0.411 e. The Balaban J connectivity index is 2.23. The van der Waals surface area contributed by atoms with Crippen molar-refractivity contribution in [2.45, 2.75) is 19.6 Å². The fraction of sp³-hybridized carbons (Fsp3) is 0.545. The van der Waals surface area contributed by atoms with Crippen LogP contribution in [0.15, 0.2) is 10.5 Å². The van der Waals surface area contributed by atoms with Crippen LogP contribution in [-0.4, -0.2) is 37.0 Å². The average Bonchev–Trinajstić information content (AvgIpc) is 2.63. The number of hydrogen-bond donors (Lipinski definition) is 2. The highest BCUT2D eigenvalue weighted by atomic mass is 19.4. The standard InChI is InChI=1S/C11H14F3NO4/c1-7-9(10(16)17)4-8(19-7)5-15-2-3-18-6-11(12,13)14/h4,15H,2-3,5-6H2,1H3,(H,16,17). The molecular weight excluding hydrogens is 267 g/mol. The number of aryl methyl sites for hydroxylation is 1. The summed E-state index contributed by atoms with van der Waals surface area (Å²) in [6, 6.07) is 1.38. The Morgan fingerprint density at radius 2 is 2.21 bits per heavy atom. The fourth-order valence-electron chi connectivity index (χ4n) is 1.39. The van der Waals surface area contributed by atoms with E-state index < -0.39 is 18.8 Å². The number of carbonyl (C=O) groups is 1. The van der Waals surface area contributed by atoms with E-state index in [1.54, 1.807) is 0 Å². The van der Waals surface area contributed by atoms with Gasteiger partial charge in [-0.05, 0) is 13.0 Å². The zero-order chi connectivity index (χ0) is 14.5. The van der Waals surface area contributed by atoms with E-state index in [9.17, 15) is 18.0 Å². The molecule has 0 spiro atoms. The number of halogens is 3. The molecule has 0 bridgehead atoms. The molecule has 1 heterocycles. The van der Waals surface area contributed by atoms with E-state index >= 15 is 0 Å². The molecule has 1 aromatic rings. The molecule has 0 atom stereocenters. The summed E-state index contributed by atoms with van der Waals surface area (Å²) in [4.78, 5) is 10.7. The van der Waals surface area contributed by atoms with E-state index in [4.69, 9.17) is 9.52 Å². The van der Waals surface area contributed by atoms with Crippen LogP contribution in [0, 0.1) is 6.92 Å². The first kappa shape index (κ1) is 15.5. The van der Waals surface area contributed by atoms with Crippen LogP contribution < -0.4 is 5.32 Å². The Labute approximate surface area is 107 Å². The lowest BCUT2D eigenvalue weighted by Crippen LogP contribution is -2.23. The molecule has 5 nitrogen and oxygen atoms in total. The van der Waals surface area contributed by atoms with E-state index in [0.717, 1.165) is 0 Å². The molecule has 0 saturated carbocycles. The second-order valence-corrected chi connectivity index (χ2v) is 3.83. The van der Waals surface area contributed by atoms with Crippen LogP contribution in [0.4, 0.5) is 13.2 Å². The van der Waals surface area contributed by atoms with Crippen LogP contribution in [0.2, 0.25) is 0 Å². The first-order valence-corrected chi connectivity index (χ1v) is 5.47. The number of rotatable bonds is 7. The van der Waals surface area contributed by atoms with Crippen molar-refractivity contribution in [2.75, 3.05) is 19.8 Å². The first-order chi connectivity index (χ1) is 8.79. The Morgan fingerprint density at radius 3 is 2.74 bits per heavy atom. The lowest BCUT2D eigenvalue weighted by Gasteiger charge is -2.07. The van der Waals surface area contributed by atoms with E-state index in [2.05, 4.69) is 10.1 Å². The second kappa shape index (κ2) is 6.58. The predicted molar refractivity (Wildman–Crippen MR) is 59.0 cm³/mol. The van der Waals surface area contributed by atoms with Crippen LogP contribution >= 0.6 is 0 Å². The van der Waals surface area contributed by atoms with Crippen molar-refractivity contribution >= 4 is 5.97 Å². The Hall–Kier alpha value is -1.54. The van der Waals surface area contributed by atoms with Gasteiger partial charge in [0.2, 0.25) is 0 Å². The lowest BCUT2D eigenvalue weighted by atomic mass is 10.2. The molecular formula is C11H14F3NO4. The van der Waals surface area contributed by atoms with Gasteiger partial charge in [-0.2, -0.15) is 13.2 Å². The molecule has 108 valence electrons. The summed E-state index contributed by atoms with van der Waals surface area (Å²) in [6.45, 7) is 0.587. The fourth-order valence-corrected chi connectivity index (χ4v) is 1.39. The van der Waals surface area contributed by atoms with E-state index in [1.165, 1.54) is 13.0 Å². The predicted octanol–water partition coefficient (Wildman–Crippen LogP) is 1.95. The SMILES string of the molecule is Cc1oc(CNCCOCC(F)(F)F)cc1C(=O)O. The number of aromatic carboxylic acids is 1. The van der Waals surface area contributed by atoms with Gasteiger partial charge in [0.25, 0.3) is 0 Å². The van der Waals surface area contributed by atoms with Gasteiger partial charge in [-0.25, -0.2) is 4.79 Å². The number of carboxylic acids is 1. The summed E-state index contributed by atoms with van der Waals surface area (Å²) >= 11 is 0. The molecule has 1 aromatic heterocycles. The van der Waals surface area contributed by atoms with Crippen molar-refractivity contribution in [3.8, 4) is 0 Å². The van der Waals surface area contributed by atoms with Crippen molar-refractivity contribution in [1.82, 2.24) is 5.32 Å². The molecule has 0 radical (unpaired) electrons. The minimum absolute atomic E-state index is 0.0742. The molecule has 1 rings (SSSR count). The topological polar surface area (TPSA) is 71.7 Å². The van der Waals surface area contributed by atoms with Gasteiger partial charge in [0.15, 0.2) is 0 Å². The maximum absolute atomic E-state index is 11.7. The minimum Gasteiger partial charge on any atom is -0.478 e. The highest BCUT2D eigenvalue weighted by Crippen LogP contribution is 2.15. The third-order valence-electron chi connectivity index (χ3n) is 2.19. The average molecular weight is 281 g/mol. The number of nitrogens with one attached hydrogen (secondary N) is 1. The van der Waals surface area contributed by atoms with Crippen LogP contribution in [0.25, 0.3) is 0 Å². The van der Waals surface area contributed by atoms with Gasteiger partial charge < -0.3 is 19.6 Å². The van der Waals surface area contributed by atoms with Gasteiger partial charge in [-0.1, -0.05) is 0 Å². The van der Waals surface area contributed by atoms with Gasteiger partial charge in [-0.15, -0.1) is 0 Å². The third kappa shape index (κ3) is 5.75. The second-order valence-electron chi connectivity index (χ2n) is 3.83. The molecule has 0 fully saturated rings. The highest BCUT2D eigenvalue weighted by Gasteiger charge is 2.27. The number of carboxylic acid groups (broad SMARTS) is 1. The maximum atomic E-state index is 11.7. The van der Waals surface area contributed by atoms with Crippen LogP contribution in [0.3, 0.4) is 0 Å². The number of hydrogen-bond acceptors (Lipinski definition) is 4. The quantitative estimate of drug-likeness (QED) is 0.747. The van der Waals surface area contributed by atoms with Crippen LogP contribution in [0.5, 0.6) is 0 Å². The third-order valence-corrected chi connectivity index (χ3v) is 2.19. The number of alkyl halides is 3. The largest absolute Gasteiger partial charge is 0.478 e. The summed E-state index contributed by atoms with van der Waals surface area (Å²) < 4.78 is 44.8. The van der Waals surface area contributed by atoms with Crippen LogP contribution in [-0.2, 0) is 11.3 Å². The first-order valence-electron chi connectivity index (χ1n) is 5.47. The number of ether oxygens (including phenoxy) is 1. The summed E-state index contributed by atoms with van der Waals surface area (Å²) in [7, 11) is 0. The van der Waals surface area contributed by atoms with Gasteiger partial charge >= 0.3 is 12.1 Å². The van der Waals surface area contributed by atoms with Crippen molar-refractivity contribution in [2.24, 2.45) is 0 Å². The monoisotopic (exact) mass is 281 g/mol. The van der Waals surface area contributed by atoms with Gasteiger partial charge in [0, 0.05) is 6.54 Å². The summed E-state index contributed by atoms with van der Waals surface area (Å²) in [5.74, 6) is -0.385. The maximum Gasteiger partial charge on any atom is 0.411 e. The van der Waals surface area contributed by atoms with Gasteiger partial charge in [0.1, 0.15) is 23.7 Å². The summed E-state index contributed by atoms with van der Waals surface area (Å²) in [5, 5.41) is 11.6. The summed E-state index contributed by atoms with van der Waals surface area (Å²) in [6.07, 6.45) is -4.32. The Bertz CT molecular complexity index is 428. The molecule has 0 unspecified atom stereocenters. The van der Waals surface area contributed by atoms with Crippen molar-refractivity contribution in [3.63, 3.8) is 0 Å². The molecule has 0 amide bonds. The zero-order valence-electron chi connectivity index (χ0n) is 10.2. The van der Waals surface area contributed by atoms with Crippen molar-refractivity contribution in [3.05, 3.63) is 23.2 Å². The molecule has 2 N–H and O–H groups in total. The molecule has 0 aromatic carbocycles. The molecule has 0 aliphatic rings. The van der Waals surface area contributed by atoms with E-state index in [1.807, 2.05) is 0 Å². The number of furan rings is 1. The lowest BCUT2D eigenvalue weighted by molar-refractivity contribution is -0.173. The van der Waals surface area contributed by atoms with Gasteiger partial charge in [0.05, 0.1) is 13.2 Å². The van der Waals surface area contributed by atoms with Gasteiger partial charge in [-0.3, -0.25) is 0 Å². The van der Waals surface area contributed by atoms with Crippen LogP contribution in [0.1, 0.15) is 21.9 Å². The van der Waals surface area contributed by atoms with Crippen molar-refractivity contribution < 1.29 is 32.2 Å².